The van der Waals surface area contributed by atoms with Gasteiger partial charge in [-0.2, -0.15) is 13.2 Å². The average Bonchev–Trinajstić information content (AvgIpc) is 3.02. The minimum Gasteiger partial charge on any atom is -0.370 e. The topological polar surface area (TPSA) is 59.1 Å². The fourth-order valence-electron chi connectivity index (χ4n) is 2.52. The summed E-state index contributed by atoms with van der Waals surface area (Å²) in [6, 6.07) is 4.74. The van der Waals surface area contributed by atoms with Crippen molar-refractivity contribution < 1.29 is 22.3 Å². The number of ether oxygens (including phenoxy) is 1. The summed E-state index contributed by atoms with van der Waals surface area (Å²) in [5, 5.41) is 6.21. The predicted molar refractivity (Wildman–Crippen MR) is 82.3 cm³/mol. The molecule has 134 valence electrons. The zero-order chi connectivity index (χ0) is 17.9. The van der Waals surface area contributed by atoms with E-state index in [9.17, 15) is 17.6 Å². The SMILES string of the molecule is Fc1cnc(N[C@H]2CNCC2OCc2ccc(C(F)(F)F)cc2)nc1. The van der Waals surface area contributed by atoms with Crippen LogP contribution >= 0.6 is 0 Å². The first-order valence-electron chi connectivity index (χ1n) is 7.64. The second kappa shape index (κ2) is 7.32. The predicted octanol–water partition coefficient (Wildman–Crippen LogP) is 2.60. The maximum Gasteiger partial charge on any atom is 0.416 e. The van der Waals surface area contributed by atoms with Crippen LogP contribution in [0.3, 0.4) is 0 Å². The van der Waals surface area contributed by atoms with Gasteiger partial charge in [0, 0.05) is 13.1 Å². The van der Waals surface area contributed by atoms with Crippen molar-refractivity contribution in [3.63, 3.8) is 0 Å². The molecule has 1 aromatic heterocycles. The molecule has 1 aliphatic rings. The molecule has 1 saturated heterocycles. The third kappa shape index (κ3) is 4.64. The summed E-state index contributed by atoms with van der Waals surface area (Å²) >= 11 is 0. The van der Waals surface area contributed by atoms with Crippen molar-refractivity contribution in [3.8, 4) is 0 Å². The van der Waals surface area contributed by atoms with Gasteiger partial charge in [-0.05, 0) is 17.7 Å². The zero-order valence-electron chi connectivity index (χ0n) is 13.1. The molecule has 0 spiro atoms. The molecule has 0 bridgehead atoms. The molecule has 0 amide bonds. The smallest absolute Gasteiger partial charge is 0.370 e. The minimum absolute atomic E-state index is 0.125. The summed E-state index contributed by atoms with van der Waals surface area (Å²) in [5.41, 5.74) is -0.0385. The Morgan fingerprint density at radius 3 is 2.44 bits per heavy atom. The second-order valence-electron chi connectivity index (χ2n) is 5.68. The van der Waals surface area contributed by atoms with Gasteiger partial charge in [-0.3, -0.25) is 0 Å². The van der Waals surface area contributed by atoms with Crippen molar-refractivity contribution in [3.05, 3.63) is 53.6 Å². The number of halogens is 4. The molecule has 0 saturated carbocycles. The molecule has 2 N–H and O–H groups in total. The van der Waals surface area contributed by atoms with Gasteiger partial charge in [0.15, 0.2) is 5.82 Å². The van der Waals surface area contributed by atoms with Gasteiger partial charge in [0.2, 0.25) is 5.95 Å². The Bertz CT molecular complexity index is 691. The Hall–Kier alpha value is -2.26. The van der Waals surface area contributed by atoms with Crippen LogP contribution in [0.25, 0.3) is 0 Å². The molecular weight excluding hydrogens is 340 g/mol. The number of aromatic nitrogens is 2. The van der Waals surface area contributed by atoms with Crippen LogP contribution in [0.15, 0.2) is 36.7 Å². The first-order valence-corrected chi connectivity index (χ1v) is 7.64. The van der Waals surface area contributed by atoms with E-state index in [1.54, 1.807) is 0 Å². The lowest BCUT2D eigenvalue weighted by Crippen LogP contribution is -2.34. The van der Waals surface area contributed by atoms with Crippen molar-refractivity contribution in [2.24, 2.45) is 0 Å². The molecule has 0 radical (unpaired) electrons. The van der Waals surface area contributed by atoms with E-state index in [0.29, 0.717) is 24.6 Å². The maximum atomic E-state index is 12.8. The number of nitrogens with one attached hydrogen (secondary N) is 2. The third-order valence-corrected chi connectivity index (χ3v) is 3.84. The normalized spacial score (nSPS) is 20.6. The van der Waals surface area contributed by atoms with Crippen LogP contribution in [0.2, 0.25) is 0 Å². The van der Waals surface area contributed by atoms with E-state index >= 15 is 0 Å². The first-order chi connectivity index (χ1) is 11.9. The summed E-state index contributed by atoms with van der Waals surface area (Å²) in [4.78, 5) is 7.68. The van der Waals surface area contributed by atoms with E-state index in [1.165, 1.54) is 12.1 Å². The highest BCUT2D eigenvalue weighted by Crippen LogP contribution is 2.29. The molecule has 3 rings (SSSR count). The summed E-state index contributed by atoms with van der Waals surface area (Å²) in [5.74, 6) is -0.233. The third-order valence-electron chi connectivity index (χ3n) is 3.84. The van der Waals surface area contributed by atoms with Crippen LogP contribution in [-0.2, 0) is 17.5 Å². The van der Waals surface area contributed by atoms with Gasteiger partial charge < -0.3 is 15.4 Å². The Morgan fingerprint density at radius 2 is 1.80 bits per heavy atom. The molecular formula is C16H16F4N4O. The lowest BCUT2D eigenvalue weighted by atomic mass is 10.1. The van der Waals surface area contributed by atoms with E-state index in [1.807, 2.05) is 0 Å². The van der Waals surface area contributed by atoms with Crippen molar-refractivity contribution in [2.75, 3.05) is 18.4 Å². The zero-order valence-corrected chi connectivity index (χ0v) is 13.1. The van der Waals surface area contributed by atoms with Crippen LogP contribution < -0.4 is 10.6 Å². The summed E-state index contributed by atoms with van der Waals surface area (Å²) < 4.78 is 56.3. The Labute approximate surface area is 141 Å². The molecule has 1 fully saturated rings. The number of alkyl halides is 3. The van der Waals surface area contributed by atoms with Gasteiger partial charge in [-0.25, -0.2) is 14.4 Å². The summed E-state index contributed by atoms with van der Waals surface area (Å²) in [6.45, 7) is 1.38. The van der Waals surface area contributed by atoms with Gasteiger partial charge in [0.05, 0.1) is 36.7 Å². The van der Waals surface area contributed by atoms with Gasteiger partial charge in [-0.1, -0.05) is 12.1 Å². The van der Waals surface area contributed by atoms with Gasteiger partial charge in [0.25, 0.3) is 0 Å². The van der Waals surface area contributed by atoms with E-state index in [2.05, 4.69) is 20.6 Å². The number of rotatable bonds is 5. The standard InChI is InChI=1S/C16H16F4N4O/c17-12-5-22-15(23-6-12)24-13-7-21-8-14(13)25-9-10-1-3-11(4-2-10)16(18,19)20/h1-6,13-14,21H,7-9H2,(H,22,23,24)/t13-,14?/m0/s1. The van der Waals surface area contributed by atoms with Crippen LogP contribution in [0, 0.1) is 5.82 Å². The second-order valence-corrected chi connectivity index (χ2v) is 5.68. The first kappa shape index (κ1) is 17.6. The average molecular weight is 356 g/mol. The quantitative estimate of drug-likeness (QED) is 0.807. The van der Waals surface area contributed by atoms with Gasteiger partial charge in [0.1, 0.15) is 0 Å². The van der Waals surface area contributed by atoms with Crippen molar-refractivity contribution in [1.82, 2.24) is 15.3 Å². The highest BCUT2D eigenvalue weighted by molar-refractivity contribution is 5.27. The molecule has 0 aliphatic carbocycles. The van der Waals surface area contributed by atoms with E-state index < -0.39 is 17.6 Å². The molecule has 1 aromatic carbocycles. The molecule has 1 aliphatic heterocycles. The fourth-order valence-corrected chi connectivity index (χ4v) is 2.52. The minimum atomic E-state index is -4.35. The lowest BCUT2D eigenvalue weighted by Gasteiger charge is -2.20. The van der Waals surface area contributed by atoms with Gasteiger partial charge >= 0.3 is 6.18 Å². The highest BCUT2D eigenvalue weighted by atomic mass is 19.4. The molecule has 2 aromatic rings. The van der Waals surface area contributed by atoms with Crippen LogP contribution in [0.5, 0.6) is 0 Å². The van der Waals surface area contributed by atoms with E-state index in [0.717, 1.165) is 24.5 Å². The van der Waals surface area contributed by atoms with Crippen LogP contribution in [0.4, 0.5) is 23.5 Å². The number of nitrogens with zero attached hydrogens (tertiary/aromatic N) is 2. The van der Waals surface area contributed by atoms with Crippen LogP contribution in [0.1, 0.15) is 11.1 Å². The Morgan fingerprint density at radius 1 is 1.12 bits per heavy atom. The molecule has 25 heavy (non-hydrogen) atoms. The monoisotopic (exact) mass is 356 g/mol. The molecule has 2 heterocycles. The lowest BCUT2D eigenvalue weighted by molar-refractivity contribution is -0.137. The Balaban J connectivity index is 1.55. The largest absolute Gasteiger partial charge is 0.416 e. The summed E-state index contributed by atoms with van der Waals surface area (Å²) in [6.07, 6.45) is -2.43. The fraction of sp³-hybridized carbons (Fsp3) is 0.375. The number of anilines is 1. The molecule has 1 unspecified atom stereocenters. The number of hydrogen-bond acceptors (Lipinski definition) is 5. The van der Waals surface area contributed by atoms with Crippen LogP contribution in [-0.4, -0.2) is 35.2 Å². The molecule has 2 atom stereocenters. The van der Waals surface area contributed by atoms with Crippen molar-refractivity contribution in [1.29, 1.82) is 0 Å². The Kier molecular flexibility index (Phi) is 5.14. The maximum absolute atomic E-state index is 12.8. The summed E-state index contributed by atoms with van der Waals surface area (Å²) in [7, 11) is 0. The number of benzene rings is 1. The van der Waals surface area contributed by atoms with Gasteiger partial charge in [-0.15, -0.1) is 0 Å². The van der Waals surface area contributed by atoms with Crippen molar-refractivity contribution >= 4 is 5.95 Å². The van der Waals surface area contributed by atoms with E-state index in [4.69, 9.17) is 4.74 Å². The molecule has 9 heteroatoms. The van der Waals surface area contributed by atoms with Crippen molar-refractivity contribution in [2.45, 2.75) is 24.9 Å². The van der Waals surface area contributed by atoms with E-state index in [-0.39, 0.29) is 18.8 Å². The highest BCUT2D eigenvalue weighted by Gasteiger charge is 2.30. The molecule has 5 nitrogen and oxygen atoms in total. The number of hydrogen-bond donors (Lipinski definition) is 2.